The first-order valence-corrected chi connectivity index (χ1v) is 10.2. The monoisotopic (exact) mass is 393 g/mol. The molecule has 29 heavy (non-hydrogen) atoms. The lowest BCUT2D eigenvalue weighted by atomic mass is 9.86. The van der Waals surface area contributed by atoms with Crippen molar-refractivity contribution in [2.75, 3.05) is 20.6 Å². The molecule has 0 aliphatic heterocycles. The number of nitrogens with zero attached hydrogens (tertiary/aromatic N) is 3. The molecule has 3 rings (SSSR count). The van der Waals surface area contributed by atoms with Crippen molar-refractivity contribution in [1.29, 1.82) is 0 Å². The summed E-state index contributed by atoms with van der Waals surface area (Å²) >= 11 is 0. The number of nitrogens with one attached hydrogen (secondary N) is 2. The van der Waals surface area contributed by atoms with E-state index in [9.17, 15) is 4.79 Å². The molecule has 0 saturated heterocycles. The Morgan fingerprint density at radius 3 is 2.72 bits per heavy atom. The number of carbonyl (C=O) groups is 1. The lowest BCUT2D eigenvalue weighted by Crippen LogP contribution is -2.42. The minimum absolute atomic E-state index is 0.0877. The summed E-state index contributed by atoms with van der Waals surface area (Å²) < 4.78 is 0. The Balaban J connectivity index is 1.59. The van der Waals surface area contributed by atoms with Crippen LogP contribution in [0.15, 0.2) is 48.9 Å². The SMILES string of the molecule is CC(C)[C@H](CC(=O)NC[C@H](Cc1ccc2[nH]ncc2c1)N(C)C)c1cccnc1. The molecule has 2 heterocycles. The number of H-pyrrole nitrogens is 1. The fourth-order valence-corrected chi connectivity index (χ4v) is 3.67. The van der Waals surface area contributed by atoms with Crippen LogP contribution in [-0.4, -0.2) is 52.7 Å². The van der Waals surface area contributed by atoms with Gasteiger partial charge in [-0.05, 0) is 61.7 Å². The highest BCUT2D eigenvalue weighted by atomic mass is 16.1. The summed E-state index contributed by atoms with van der Waals surface area (Å²) in [5, 5.41) is 11.3. The predicted molar refractivity (Wildman–Crippen MR) is 117 cm³/mol. The van der Waals surface area contributed by atoms with E-state index in [4.69, 9.17) is 0 Å². The van der Waals surface area contributed by atoms with Gasteiger partial charge in [-0.3, -0.25) is 14.9 Å². The highest BCUT2D eigenvalue weighted by Crippen LogP contribution is 2.27. The number of aromatic amines is 1. The van der Waals surface area contributed by atoms with Crippen molar-refractivity contribution in [2.45, 2.75) is 38.6 Å². The zero-order valence-electron chi connectivity index (χ0n) is 17.7. The van der Waals surface area contributed by atoms with E-state index in [1.165, 1.54) is 5.56 Å². The first-order chi connectivity index (χ1) is 13.9. The fourth-order valence-electron chi connectivity index (χ4n) is 3.67. The molecule has 6 nitrogen and oxygen atoms in total. The van der Waals surface area contributed by atoms with Gasteiger partial charge in [0.2, 0.25) is 5.91 Å². The molecule has 0 aliphatic rings. The van der Waals surface area contributed by atoms with Gasteiger partial charge in [0, 0.05) is 36.8 Å². The van der Waals surface area contributed by atoms with Gasteiger partial charge in [0.15, 0.2) is 0 Å². The number of likely N-dealkylation sites (N-methyl/N-ethyl adjacent to an activating group) is 1. The lowest BCUT2D eigenvalue weighted by Gasteiger charge is -2.26. The zero-order chi connectivity index (χ0) is 20.8. The molecular weight excluding hydrogens is 362 g/mol. The molecule has 154 valence electrons. The van der Waals surface area contributed by atoms with E-state index >= 15 is 0 Å². The van der Waals surface area contributed by atoms with E-state index in [0.29, 0.717) is 18.9 Å². The summed E-state index contributed by atoms with van der Waals surface area (Å²) in [5.41, 5.74) is 3.40. The largest absolute Gasteiger partial charge is 0.355 e. The molecule has 3 aromatic rings. The van der Waals surface area contributed by atoms with Gasteiger partial charge in [0.05, 0.1) is 11.7 Å². The summed E-state index contributed by atoms with van der Waals surface area (Å²) in [6.45, 7) is 4.92. The van der Waals surface area contributed by atoms with Crippen molar-refractivity contribution < 1.29 is 4.79 Å². The third-order valence-electron chi connectivity index (χ3n) is 5.56. The zero-order valence-corrected chi connectivity index (χ0v) is 17.7. The second-order valence-corrected chi connectivity index (χ2v) is 8.26. The van der Waals surface area contributed by atoms with Crippen LogP contribution in [0.4, 0.5) is 0 Å². The molecule has 0 saturated carbocycles. The van der Waals surface area contributed by atoms with E-state index in [1.807, 2.05) is 18.5 Å². The highest BCUT2D eigenvalue weighted by molar-refractivity contribution is 5.78. The molecule has 0 fully saturated rings. The number of rotatable bonds is 9. The first-order valence-electron chi connectivity index (χ1n) is 10.2. The maximum absolute atomic E-state index is 12.7. The number of pyridine rings is 1. The molecule has 0 bridgehead atoms. The van der Waals surface area contributed by atoms with Crippen LogP contribution in [0.25, 0.3) is 10.9 Å². The van der Waals surface area contributed by atoms with Crippen molar-refractivity contribution in [3.8, 4) is 0 Å². The Kier molecular flexibility index (Phi) is 6.99. The van der Waals surface area contributed by atoms with Crippen LogP contribution in [0.3, 0.4) is 0 Å². The molecule has 6 heteroatoms. The van der Waals surface area contributed by atoms with Gasteiger partial charge in [-0.15, -0.1) is 0 Å². The third-order valence-corrected chi connectivity index (χ3v) is 5.56. The van der Waals surface area contributed by atoms with E-state index < -0.39 is 0 Å². The summed E-state index contributed by atoms with van der Waals surface area (Å²) in [7, 11) is 4.11. The minimum atomic E-state index is 0.0877. The molecule has 2 aromatic heterocycles. The molecule has 1 amide bonds. The fraction of sp³-hybridized carbons (Fsp3) is 0.435. The summed E-state index contributed by atoms with van der Waals surface area (Å²) in [6.07, 6.45) is 6.82. The number of fused-ring (bicyclic) bond motifs is 1. The number of carbonyl (C=O) groups excluding carboxylic acids is 1. The molecule has 2 N–H and O–H groups in total. The van der Waals surface area contributed by atoms with Crippen molar-refractivity contribution >= 4 is 16.8 Å². The minimum Gasteiger partial charge on any atom is -0.355 e. The Bertz CT molecular complexity index is 919. The molecule has 0 spiro atoms. The van der Waals surface area contributed by atoms with Crippen molar-refractivity contribution in [2.24, 2.45) is 5.92 Å². The Labute approximate surface area is 172 Å². The van der Waals surface area contributed by atoms with Crippen LogP contribution >= 0.6 is 0 Å². The van der Waals surface area contributed by atoms with Gasteiger partial charge >= 0.3 is 0 Å². The van der Waals surface area contributed by atoms with E-state index in [-0.39, 0.29) is 17.9 Å². The molecule has 0 unspecified atom stereocenters. The van der Waals surface area contributed by atoms with Crippen LogP contribution in [0, 0.1) is 5.92 Å². The lowest BCUT2D eigenvalue weighted by molar-refractivity contribution is -0.121. The van der Waals surface area contributed by atoms with Crippen LogP contribution in [-0.2, 0) is 11.2 Å². The normalized spacial score (nSPS) is 13.7. The number of amides is 1. The Morgan fingerprint density at radius 1 is 1.21 bits per heavy atom. The molecule has 2 atom stereocenters. The van der Waals surface area contributed by atoms with Gasteiger partial charge in [0.1, 0.15) is 0 Å². The van der Waals surface area contributed by atoms with Crippen molar-refractivity contribution in [3.05, 3.63) is 60.0 Å². The topological polar surface area (TPSA) is 73.9 Å². The van der Waals surface area contributed by atoms with Crippen molar-refractivity contribution in [3.63, 3.8) is 0 Å². The maximum atomic E-state index is 12.7. The maximum Gasteiger partial charge on any atom is 0.220 e. The van der Waals surface area contributed by atoms with Gasteiger partial charge in [0.25, 0.3) is 0 Å². The van der Waals surface area contributed by atoms with E-state index in [0.717, 1.165) is 22.9 Å². The first kappa shape index (κ1) is 21.0. The Morgan fingerprint density at radius 2 is 2.03 bits per heavy atom. The second kappa shape index (κ2) is 9.65. The van der Waals surface area contributed by atoms with Crippen molar-refractivity contribution in [1.82, 2.24) is 25.4 Å². The summed E-state index contributed by atoms with van der Waals surface area (Å²) in [6, 6.07) is 10.6. The number of aromatic nitrogens is 3. The highest BCUT2D eigenvalue weighted by Gasteiger charge is 2.21. The summed E-state index contributed by atoms with van der Waals surface area (Å²) in [5.74, 6) is 0.631. The van der Waals surface area contributed by atoms with Gasteiger partial charge in [-0.1, -0.05) is 26.0 Å². The average Bonchev–Trinajstić information content (AvgIpc) is 3.17. The molecule has 0 radical (unpaired) electrons. The van der Waals surface area contributed by atoms with Crippen LogP contribution in [0.1, 0.15) is 37.3 Å². The average molecular weight is 394 g/mol. The molecule has 0 aliphatic carbocycles. The van der Waals surface area contributed by atoms with E-state index in [1.54, 1.807) is 6.20 Å². The van der Waals surface area contributed by atoms with Gasteiger partial charge in [-0.2, -0.15) is 5.10 Å². The smallest absolute Gasteiger partial charge is 0.220 e. The second-order valence-electron chi connectivity index (χ2n) is 8.26. The Hall–Kier alpha value is -2.73. The van der Waals surface area contributed by atoms with Crippen LogP contribution in [0.2, 0.25) is 0 Å². The molecule has 1 aromatic carbocycles. The standard InChI is InChI=1S/C23H31N5O/c1-16(2)21(18-6-5-9-24-13-18)12-23(29)25-15-20(28(3)4)11-17-7-8-22-19(10-17)14-26-27-22/h5-10,13-14,16,20-21H,11-12,15H2,1-4H3,(H,25,29)(H,26,27)/t20-,21-/m0/s1. The quantitative estimate of drug-likeness (QED) is 0.584. The third kappa shape index (κ3) is 5.64. The van der Waals surface area contributed by atoms with E-state index in [2.05, 4.69) is 77.6 Å². The van der Waals surface area contributed by atoms with Gasteiger partial charge < -0.3 is 10.2 Å². The predicted octanol–water partition coefficient (Wildman–Crippen LogP) is 3.38. The molecular formula is C23H31N5O. The van der Waals surface area contributed by atoms with Crippen LogP contribution < -0.4 is 5.32 Å². The van der Waals surface area contributed by atoms with Crippen LogP contribution in [0.5, 0.6) is 0 Å². The van der Waals surface area contributed by atoms with Gasteiger partial charge in [-0.25, -0.2) is 0 Å². The summed E-state index contributed by atoms with van der Waals surface area (Å²) in [4.78, 5) is 19.1. The number of hydrogen-bond acceptors (Lipinski definition) is 4. The number of hydrogen-bond donors (Lipinski definition) is 2. The number of benzene rings is 1.